The number of piperazine rings is 1. The van der Waals surface area contributed by atoms with Gasteiger partial charge in [-0.15, -0.1) is 0 Å². The smallest absolute Gasteiger partial charge is 0.219 e. The topological polar surface area (TPSA) is 48.5 Å². The molecule has 0 atom stereocenters. The molecule has 5 nitrogen and oxygen atoms in total. The van der Waals surface area contributed by atoms with Gasteiger partial charge < -0.3 is 10.2 Å². The molecule has 130 valence electrons. The Balaban J connectivity index is 1.56. The van der Waals surface area contributed by atoms with Crippen LogP contribution in [0.25, 0.3) is 10.2 Å². The average molecular weight is 347 g/mol. The van der Waals surface area contributed by atoms with Gasteiger partial charge in [0, 0.05) is 45.7 Å². The number of carbonyl (C=O) groups is 1. The minimum absolute atomic E-state index is 0.134. The third kappa shape index (κ3) is 3.87. The quantitative estimate of drug-likeness (QED) is 0.873. The van der Waals surface area contributed by atoms with Gasteiger partial charge in [-0.3, -0.25) is 9.69 Å². The highest BCUT2D eigenvalue weighted by Crippen LogP contribution is 2.31. The van der Waals surface area contributed by atoms with Crippen LogP contribution < -0.4 is 10.2 Å². The molecule has 2 aromatic rings. The summed E-state index contributed by atoms with van der Waals surface area (Å²) in [7, 11) is 0. The van der Waals surface area contributed by atoms with Gasteiger partial charge in [-0.1, -0.05) is 37.3 Å². The van der Waals surface area contributed by atoms with Crippen molar-refractivity contribution in [2.24, 2.45) is 0 Å². The third-order valence-corrected chi connectivity index (χ3v) is 5.67. The Hall–Kier alpha value is -1.66. The summed E-state index contributed by atoms with van der Waals surface area (Å²) in [5.74, 6) is 0.134. The summed E-state index contributed by atoms with van der Waals surface area (Å²) in [5.41, 5.74) is 2.50. The van der Waals surface area contributed by atoms with Gasteiger partial charge in [-0.25, -0.2) is 4.98 Å². The van der Waals surface area contributed by atoms with E-state index in [4.69, 9.17) is 4.98 Å². The summed E-state index contributed by atoms with van der Waals surface area (Å²) in [6.07, 6.45) is 1.59. The normalized spacial score (nSPS) is 15.8. The first-order valence-corrected chi connectivity index (χ1v) is 9.65. The Morgan fingerprint density at radius 2 is 2.04 bits per heavy atom. The Kier molecular flexibility index (Phi) is 5.68. The van der Waals surface area contributed by atoms with E-state index in [1.807, 2.05) is 6.92 Å². The molecule has 0 saturated carbocycles. The molecule has 1 aliphatic heterocycles. The number of aryl methyl sites for hydroxylation is 1. The van der Waals surface area contributed by atoms with Crippen LogP contribution in [-0.4, -0.2) is 55.1 Å². The molecule has 24 heavy (non-hydrogen) atoms. The lowest BCUT2D eigenvalue weighted by molar-refractivity contribution is -0.120. The molecule has 0 radical (unpaired) electrons. The SMILES string of the molecule is CCC(=O)NCCN1CCN(c2nc3c(CC)cccc3s2)CC1. The fourth-order valence-corrected chi connectivity index (χ4v) is 4.12. The number of thiazole rings is 1. The number of carbonyl (C=O) groups excluding carboxylic acids is 1. The van der Waals surface area contributed by atoms with Crippen molar-refractivity contribution in [1.29, 1.82) is 0 Å². The van der Waals surface area contributed by atoms with E-state index in [1.54, 1.807) is 11.3 Å². The number of benzene rings is 1. The lowest BCUT2D eigenvalue weighted by Crippen LogP contribution is -2.48. The second-order valence-electron chi connectivity index (χ2n) is 6.15. The van der Waals surface area contributed by atoms with E-state index < -0.39 is 0 Å². The monoisotopic (exact) mass is 346 g/mol. The van der Waals surface area contributed by atoms with Crippen molar-refractivity contribution in [2.45, 2.75) is 26.7 Å². The lowest BCUT2D eigenvalue weighted by Gasteiger charge is -2.34. The molecular weight excluding hydrogens is 320 g/mol. The highest BCUT2D eigenvalue weighted by atomic mass is 32.1. The lowest BCUT2D eigenvalue weighted by atomic mass is 10.1. The van der Waals surface area contributed by atoms with Gasteiger partial charge in [0.1, 0.15) is 0 Å². The van der Waals surface area contributed by atoms with Crippen LogP contribution in [0.3, 0.4) is 0 Å². The molecule has 1 aromatic heterocycles. The summed E-state index contributed by atoms with van der Waals surface area (Å²) in [6, 6.07) is 6.47. The zero-order chi connectivity index (χ0) is 16.9. The number of fused-ring (bicyclic) bond motifs is 1. The van der Waals surface area contributed by atoms with Crippen LogP contribution in [0.5, 0.6) is 0 Å². The van der Waals surface area contributed by atoms with Crippen molar-refractivity contribution in [3.63, 3.8) is 0 Å². The number of nitrogens with zero attached hydrogens (tertiary/aromatic N) is 3. The molecule has 0 unspecified atom stereocenters. The van der Waals surface area contributed by atoms with Gasteiger partial charge in [0.2, 0.25) is 5.91 Å². The summed E-state index contributed by atoms with van der Waals surface area (Å²) >= 11 is 1.80. The molecule has 3 rings (SSSR count). The minimum Gasteiger partial charge on any atom is -0.355 e. The predicted molar refractivity (Wildman–Crippen MR) is 101 cm³/mol. The van der Waals surface area contributed by atoms with E-state index >= 15 is 0 Å². The molecule has 0 aliphatic carbocycles. The van der Waals surface area contributed by atoms with E-state index in [-0.39, 0.29) is 5.91 Å². The van der Waals surface area contributed by atoms with Crippen LogP contribution >= 0.6 is 11.3 Å². The fourth-order valence-electron chi connectivity index (χ4n) is 3.06. The number of nitrogens with one attached hydrogen (secondary N) is 1. The summed E-state index contributed by atoms with van der Waals surface area (Å²) in [4.78, 5) is 21.0. The molecular formula is C18H26N4OS. The van der Waals surface area contributed by atoms with Crippen LogP contribution in [0.15, 0.2) is 18.2 Å². The van der Waals surface area contributed by atoms with Crippen LogP contribution in [0.1, 0.15) is 25.8 Å². The van der Waals surface area contributed by atoms with Gasteiger partial charge in [0.05, 0.1) is 10.2 Å². The van der Waals surface area contributed by atoms with Gasteiger partial charge in [0.15, 0.2) is 5.13 Å². The maximum Gasteiger partial charge on any atom is 0.219 e. The molecule has 6 heteroatoms. The molecule has 1 fully saturated rings. The first kappa shape index (κ1) is 17.2. The number of hydrogen-bond acceptors (Lipinski definition) is 5. The van der Waals surface area contributed by atoms with Crippen molar-refractivity contribution in [3.8, 4) is 0 Å². The van der Waals surface area contributed by atoms with E-state index in [9.17, 15) is 4.79 Å². The van der Waals surface area contributed by atoms with E-state index in [1.165, 1.54) is 15.8 Å². The Morgan fingerprint density at radius 1 is 1.25 bits per heavy atom. The minimum atomic E-state index is 0.134. The summed E-state index contributed by atoms with van der Waals surface area (Å²) in [5, 5.41) is 4.09. The summed E-state index contributed by atoms with van der Waals surface area (Å²) in [6.45, 7) is 9.80. The zero-order valence-electron chi connectivity index (χ0n) is 14.5. The van der Waals surface area contributed by atoms with E-state index in [0.29, 0.717) is 6.42 Å². The first-order valence-electron chi connectivity index (χ1n) is 8.83. The van der Waals surface area contributed by atoms with Gasteiger partial charge in [0.25, 0.3) is 0 Å². The standard InChI is InChI=1S/C18H26N4OS/c1-3-14-6-5-7-15-17(14)20-18(24-15)22-12-10-21(11-13-22)9-8-19-16(23)4-2/h5-7H,3-4,8-13H2,1-2H3,(H,19,23). The number of amides is 1. The highest BCUT2D eigenvalue weighted by Gasteiger charge is 2.20. The number of rotatable bonds is 6. The first-order chi connectivity index (χ1) is 11.7. The van der Waals surface area contributed by atoms with Gasteiger partial charge in [-0.05, 0) is 18.1 Å². The van der Waals surface area contributed by atoms with Crippen molar-refractivity contribution < 1.29 is 4.79 Å². The Morgan fingerprint density at radius 3 is 2.75 bits per heavy atom. The molecule has 1 amide bonds. The largest absolute Gasteiger partial charge is 0.355 e. The van der Waals surface area contributed by atoms with E-state index in [2.05, 4.69) is 40.2 Å². The number of para-hydroxylation sites is 1. The molecule has 1 N–H and O–H groups in total. The van der Waals surface area contributed by atoms with Crippen LogP contribution in [0.2, 0.25) is 0 Å². The van der Waals surface area contributed by atoms with Crippen LogP contribution in [0.4, 0.5) is 5.13 Å². The second-order valence-corrected chi connectivity index (χ2v) is 7.16. The number of aromatic nitrogens is 1. The van der Waals surface area contributed by atoms with Crippen molar-refractivity contribution in [3.05, 3.63) is 23.8 Å². The molecule has 1 aliphatic rings. The molecule has 2 heterocycles. The average Bonchev–Trinajstić information content (AvgIpc) is 3.06. The second kappa shape index (κ2) is 7.94. The van der Waals surface area contributed by atoms with Crippen LogP contribution in [-0.2, 0) is 11.2 Å². The molecule has 0 spiro atoms. The van der Waals surface area contributed by atoms with Crippen molar-refractivity contribution >= 4 is 32.6 Å². The van der Waals surface area contributed by atoms with Gasteiger partial charge >= 0.3 is 0 Å². The van der Waals surface area contributed by atoms with Crippen molar-refractivity contribution in [1.82, 2.24) is 15.2 Å². The maximum absolute atomic E-state index is 11.3. The van der Waals surface area contributed by atoms with E-state index in [0.717, 1.165) is 50.8 Å². The zero-order valence-corrected chi connectivity index (χ0v) is 15.4. The highest BCUT2D eigenvalue weighted by molar-refractivity contribution is 7.22. The maximum atomic E-state index is 11.3. The number of hydrogen-bond donors (Lipinski definition) is 1. The Bertz CT molecular complexity index is 691. The van der Waals surface area contributed by atoms with Crippen molar-refractivity contribution in [2.75, 3.05) is 44.2 Å². The molecule has 0 bridgehead atoms. The van der Waals surface area contributed by atoms with Gasteiger partial charge in [-0.2, -0.15) is 0 Å². The predicted octanol–water partition coefficient (Wildman–Crippen LogP) is 2.51. The van der Waals surface area contributed by atoms with Crippen LogP contribution in [0, 0.1) is 0 Å². The summed E-state index contributed by atoms with van der Waals surface area (Å²) < 4.78 is 1.29. The molecule has 1 aromatic carbocycles. The Labute approximate surface area is 147 Å². The molecule has 1 saturated heterocycles. The fraction of sp³-hybridized carbons (Fsp3) is 0.556. The third-order valence-electron chi connectivity index (χ3n) is 4.59. The number of anilines is 1.